The molecule has 0 unspecified atom stereocenters. The smallest absolute Gasteiger partial charge is 0.354 e. The van der Waals surface area contributed by atoms with Crippen molar-refractivity contribution in [1.29, 1.82) is 0 Å². The monoisotopic (exact) mass is 252 g/mol. The van der Waals surface area contributed by atoms with Crippen molar-refractivity contribution in [3.8, 4) is 0 Å². The third kappa shape index (κ3) is 4.43. The molecule has 0 aliphatic carbocycles. The van der Waals surface area contributed by atoms with Gasteiger partial charge >= 0.3 is 5.97 Å². The Morgan fingerprint density at radius 3 is 2.72 bits per heavy atom. The number of aliphatic hydroxyl groups is 1. The maximum absolute atomic E-state index is 10.8. The van der Waals surface area contributed by atoms with E-state index in [9.17, 15) is 4.79 Å². The lowest BCUT2D eigenvalue weighted by molar-refractivity contribution is 0.0690. The first-order chi connectivity index (χ1) is 8.54. The minimum atomic E-state index is -1.01. The Kier molecular flexibility index (Phi) is 5.74. The number of rotatable bonds is 7. The van der Waals surface area contributed by atoms with Gasteiger partial charge in [-0.2, -0.15) is 0 Å². The third-order valence-corrected chi connectivity index (χ3v) is 2.72. The molecule has 0 spiro atoms. The zero-order valence-electron chi connectivity index (χ0n) is 10.8. The van der Waals surface area contributed by atoms with Crippen LogP contribution >= 0.6 is 0 Å². The number of carboxylic acid groups (broad SMARTS) is 1. The number of hydrogen-bond donors (Lipinski definition) is 2. The minimum absolute atomic E-state index is 0.0679. The molecule has 1 aromatic rings. The number of aromatic nitrogens is 1. The van der Waals surface area contributed by atoms with Crippen molar-refractivity contribution in [1.82, 2.24) is 9.88 Å². The molecule has 2 N–H and O–H groups in total. The van der Waals surface area contributed by atoms with Gasteiger partial charge in [0.05, 0.1) is 5.69 Å². The molecule has 0 aromatic carbocycles. The summed E-state index contributed by atoms with van der Waals surface area (Å²) in [6, 6.07) is 5.34. The van der Waals surface area contributed by atoms with Crippen LogP contribution in [0.15, 0.2) is 18.2 Å². The van der Waals surface area contributed by atoms with E-state index in [1.165, 1.54) is 6.07 Å². The summed E-state index contributed by atoms with van der Waals surface area (Å²) in [4.78, 5) is 17.1. The van der Waals surface area contributed by atoms with Crippen LogP contribution in [-0.2, 0) is 6.54 Å². The number of aromatic carboxylic acids is 1. The molecule has 0 radical (unpaired) electrons. The van der Waals surface area contributed by atoms with Crippen LogP contribution in [0.2, 0.25) is 0 Å². The first kappa shape index (κ1) is 14.6. The molecule has 5 heteroatoms. The Bertz CT molecular complexity index is 394. The van der Waals surface area contributed by atoms with Gasteiger partial charge in [0.2, 0.25) is 0 Å². The largest absolute Gasteiger partial charge is 0.477 e. The van der Waals surface area contributed by atoms with Crippen LogP contribution < -0.4 is 0 Å². The van der Waals surface area contributed by atoms with Gasteiger partial charge < -0.3 is 10.2 Å². The molecule has 0 saturated heterocycles. The quantitative estimate of drug-likeness (QED) is 0.766. The molecule has 0 fully saturated rings. The Balaban J connectivity index is 2.73. The molecular weight excluding hydrogens is 232 g/mol. The summed E-state index contributed by atoms with van der Waals surface area (Å²) in [5.41, 5.74) is 0.805. The molecule has 0 bridgehead atoms. The molecule has 0 aliphatic heterocycles. The van der Waals surface area contributed by atoms with Crippen molar-refractivity contribution >= 4 is 5.97 Å². The van der Waals surface area contributed by atoms with Crippen LogP contribution in [0.5, 0.6) is 0 Å². The van der Waals surface area contributed by atoms with Crippen molar-refractivity contribution in [3.05, 3.63) is 29.6 Å². The summed E-state index contributed by atoms with van der Waals surface area (Å²) in [6.07, 6.45) is 0.705. The van der Waals surface area contributed by atoms with Crippen molar-refractivity contribution in [2.45, 2.75) is 32.9 Å². The molecule has 100 valence electrons. The second-order valence-corrected chi connectivity index (χ2v) is 4.46. The number of pyridine rings is 1. The highest BCUT2D eigenvalue weighted by Crippen LogP contribution is 2.08. The van der Waals surface area contributed by atoms with Gasteiger partial charge in [-0.25, -0.2) is 9.78 Å². The average Bonchev–Trinajstić information content (AvgIpc) is 2.34. The first-order valence-electron chi connectivity index (χ1n) is 6.08. The normalized spacial score (nSPS) is 11.2. The third-order valence-electron chi connectivity index (χ3n) is 2.72. The number of carbonyl (C=O) groups is 1. The van der Waals surface area contributed by atoms with E-state index in [0.717, 1.165) is 12.2 Å². The standard InChI is InChI=1S/C13H20N2O3/c1-10(2)15(7-4-8-16)9-11-5-3-6-12(14-11)13(17)18/h3,5-6,10,16H,4,7-9H2,1-2H3,(H,17,18). The van der Waals surface area contributed by atoms with Crippen LogP contribution in [-0.4, -0.2) is 45.3 Å². The van der Waals surface area contributed by atoms with E-state index in [1.54, 1.807) is 6.07 Å². The van der Waals surface area contributed by atoms with E-state index in [2.05, 4.69) is 23.7 Å². The van der Waals surface area contributed by atoms with Crippen molar-refractivity contribution < 1.29 is 15.0 Å². The molecule has 0 saturated carbocycles. The number of nitrogens with zero attached hydrogens (tertiary/aromatic N) is 2. The van der Waals surface area contributed by atoms with Crippen molar-refractivity contribution in [2.24, 2.45) is 0 Å². The Labute approximate surface area is 107 Å². The molecule has 5 nitrogen and oxygen atoms in total. The lowest BCUT2D eigenvalue weighted by atomic mass is 10.2. The zero-order chi connectivity index (χ0) is 13.5. The first-order valence-corrected chi connectivity index (χ1v) is 6.08. The van der Waals surface area contributed by atoms with Gasteiger partial charge in [-0.15, -0.1) is 0 Å². The van der Waals surface area contributed by atoms with E-state index in [0.29, 0.717) is 19.0 Å². The van der Waals surface area contributed by atoms with Crippen LogP contribution in [0.1, 0.15) is 36.5 Å². The fourth-order valence-electron chi connectivity index (χ4n) is 1.69. The second kappa shape index (κ2) is 7.08. The highest BCUT2D eigenvalue weighted by Gasteiger charge is 2.12. The summed E-state index contributed by atoms with van der Waals surface area (Å²) >= 11 is 0. The van der Waals surface area contributed by atoms with E-state index >= 15 is 0 Å². The summed E-state index contributed by atoms with van der Waals surface area (Å²) in [5.74, 6) is -1.01. The minimum Gasteiger partial charge on any atom is -0.477 e. The Morgan fingerprint density at radius 1 is 1.44 bits per heavy atom. The predicted molar refractivity (Wildman–Crippen MR) is 68.4 cm³/mol. The van der Waals surface area contributed by atoms with Crippen LogP contribution in [0.3, 0.4) is 0 Å². The number of carboxylic acids is 1. The lowest BCUT2D eigenvalue weighted by Crippen LogP contribution is -2.32. The van der Waals surface area contributed by atoms with Crippen molar-refractivity contribution in [3.63, 3.8) is 0 Å². The van der Waals surface area contributed by atoms with Crippen LogP contribution in [0.4, 0.5) is 0 Å². The highest BCUT2D eigenvalue weighted by atomic mass is 16.4. The molecule has 0 atom stereocenters. The van der Waals surface area contributed by atoms with Gasteiger partial charge in [0.1, 0.15) is 5.69 Å². The second-order valence-electron chi connectivity index (χ2n) is 4.46. The number of hydrogen-bond acceptors (Lipinski definition) is 4. The fourth-order valence-corrected chi connectivity index (χ4v) is 1.69. The van der Waals surface area contributed by atoms with Gasteiger partial charge in [-0.3, -0.25) is 4.90 Å². The van der Waals surface area contributed by atoms with Gasteiger partial charge in [-0.1, -0.05) is 6.07 Å². The molecule has 0 aliphatic rings. The summed E-state index contributed by atoms with van der Waals surface area (Å²) in [7, 11) is 0. The average molecular weight is 252 g/mol. The molecule has 18 heavy (non-hydrogen) atoms. The number of aliphatic hydroxyl groups excluding tert-OH is 1. The topological polar surface area (TPSA) is 73.7 Å². The summed E-state index contributed by atoms with van der Waals surface area (Å²) < 4.78 is 0. The van der Waals surface area contributed by atoms with Gasteiger partial charge in [0.25, 0.3) is 0 Å². The van der Waals surface area contributed by atoms with Gasteiger partial charge in [0.15, 0.2) is 0 Å². The molecule has 1 rings (SSSR count). The maximum Gasteiger partial charge on any atom is 0.354 e. The Hall–Kier alpha value is -1.46. The highest BCUT2D eigenvalue weighted by molar-refractivity contribution is 5.85. The van der Waals surface area contributed by atoms with Crippen molar-refractivity contribution in [2.75, 3.05) is 13.2 Å². The molecule has 1 aromatic heterocycles. The summed E-state index contributed by atoms with van der Waals surface area (Å²) in [6.45, 7) is 5.66. The van der Waals surface area contributed by atoms with E-state index in [1.807, 2.05) is 6.07 Å². The molecule has 0 amide bonds. The van der Waals surface area contributed by atoms with Gasteiger partial charge in [-0.05, 0) is 32.4 Å². The Morgan fingerprint density at radius 2 is 2.17 bits per heavy atom. The zero-order valence-corrected chi connectivity index (χ0v) is 10.8. The molecule has 1 heterocycles. The van der Waals surface area contributed by atoms with Gasteiger partial charge in [0, 0.05) is 25.7 Å². The molecular formula is C13H20N2O3. The van der Waals surface area contributed by atoms with Crippen LogP contribution in [0.25, 0.3) is 0 Å². The predicted octanol–water partition coefficient (Wildman–Crippen LogP) is 1.37. The SMILES string of the molecule is CC(C)N(CCCO)Cc1cccc(C(=O)O)n1. The maximum atomic E-state index is 10.8. The van der Waals surface area contributed by atoms with E-state index < -0.39 is 5.97 Å². The lowest BCUT2D eigenvalue weighted by Gasteiger charge is -2.25. The van der Waals surface area contributed by atoms with E-state index in [-0.39, 0.29) is 12.3 Å². The summed E-state index contributed by atoms with van der Waals surface area (Å²) in [5, 5.41) is 17.7. The fraction of sp³-hybridized carbons (Fsp3) is 0.538. The van der Waals surface area contributed by atoms with E-state index in [4.69, 9.17) is 10.2 Å². The van der Waals surface area contributed by atoms with Crippen LogP contribution in [0, 0.1) is 0 Å².